The van der Waals surface area contributed by atoms with Crippen LogP contribution in [0.1, 0.15) is 35.2 Å². The standard InChI is InChI=1S/C14H17F3N4OS/c1-8-4-5-10(22-8)9(2)20-13(18-3)19-6-12-21-11(7-23-12)14(15,16)17/h4-5,7,9H,6H2,1-3H3,(H2,18,19,20). The first-order valence-electron chi connectivity index (χ1n) is 6.84. The Labute approximate surface area is 135 Å². The van der Waals surface area contributed by atoms with Gasteiger partial charge in [-0.25, -0.2) is 4.98 Å². The first-order valence-corrected chi connectivity index (χ1v) is 7.72. The lowest BCUT2D eigenvalue weighted by Crippen LogP contribution is -2.38. The summed E-state index contributed by atoms with van der Waals surface area (Å²) in [7, 11) is 1.58. The van der Waals surface area contributed by atoms with Gasteiger partial charge >= 0.3 is 6.18 Å². The number of halogens is 3. The summed E-state index contributed by atoms with van der Waals surface area (Å²) in [6.45, 7) is 3.91. The van der Waals surface area contributed by atoms with E-state index in [0.29, 0.717) is 11.0 Å². The largest absolute Gasteiger partial charge is 0.464 e. The normalized spacial score (nSPS) is 13.9. The Morgan fingerprint density at radius 2 is 2.17 bits per heavy atom. The minimum atomic E-state index is -4.42. The molecule has 0 bridgehead atoms. The van der Waals surface area contributed by atoms with E-state index in [0.717, 1.165) is 28.2 Å². The van der Waals surface area contributed by atoms with Gasteiger partial charge < -0.3 is 15.1 Å². The molecule has 2 aromatic rings. The monoisotopic (exact) mass is 346 g/mol. The number of aliphatic imine (C=N–C) groups is 1. The molecule has 0 spiro atoms. The van der Waals surface area contributed by atoms with E-state index in [4.69, 9.17) is 4.42 Å². The SMILES string of the molecule is CN=C(NCc1nc(C(F)(F)F)cs1)NC(C)c1ccc(C)o1. The van der Waals surface area contributed by atoms with Gasteiger partial charge in [-0.2, -0.15) is 13.2 Å². The van der Waals surface area contributed by atoms with Crippen molar-refractivity contribution < 1.29 is 17.6 Å². The van der Waals surface area contributed by atoms with Gasteiger partial charge in [0.25, 0.3) is 0 Å². The van der Waals surface area contributed by atoms with E-state index in [9.17, 15) is 13.2 Å². The second-order valence-electron chi connectivity index (χ2n) is 4.86. The van der Waals surface area contributed by atoms with Gasteiger partial charge in [0.2, 0.25) is 0 Å². The van der Waals surface area contributed by atoms with Crippen LogP contribution in [0, 0.1) is 6.92 Å². The third kappa shape index (κ3) is 4.72. The van der Waals surface area contributed by atoms with E-state index in [1.807, 2.05) is 26.0 Å². The molecule has 2 rings (SSSR count). The van der Waals surface area contributed by atoms with E-state index in [-0.39, 0.29) is 12.6 Å². The fraction of sp³-hybridized carbons (Fsp3) is 0.429. The molecule has 2 heterocycles. The van der Waals surface area contributed by atoms with Crippen LogP contribution in [0.25, 0.3) is 0 Å². The molecule has 0 saturated carbocycles. The molecule has 2 aromatic heterocycles. The molecule has 0 aliphatic carbocycles. The number of furan rings is 1. The average molecular weight is 346 g/mol. The Morgan fingerprint density at radius 1 is 1.43 bits per heavy atom. The quantitative estimate of drug-likeness (QED) is 0.657. The number of alkyl halides is 3. The zero-order chi connectivity index (χ0) is 17.0. The van der Waals surface area contributed by atoms with Crippen LogP contribution in [-0.4, -0.2) is 18.0 Å². The molecule has 0 aliphatic rings. The van der Waals surface area contributed by atoms with Crippen LogP contribution in [0.2, 0.25) is 0 Å². The van der Waals surface area contributed by atoms with Gasteiger partial charge in [0.15, 0.2) is 11.7 Å². The summed E-state index contributed by atoms with van der Waals surface area (Å²) >= 11 is 0.953. The van der Waals surface area contributed by atoms with Crippen molar-refractivity contribution in [3.8, 4) is 0 Å². The number of aryl methyl sites for hydroxylation is 1. The molecule has 1 unspecified atom stereocenters. The first-order chi connectivity index (χ1) is 10.8. The average Bonchev–Trinajstić information content (AvgIpc) is 3.11. The molecule has 0 radical (unpaired) electrons. The van der Waals surface area contributed by atoms with Gasteiger partial charge in [-0.05, 0) is 26.0 Å². The van der Waals surface area contributed by atoms with E-state index in [1.165, 1.54) is 0 Å². The van der Waals surface area contributed by atoms with E-state index >= 15 is 0 Å². The number of hydrogen-bond donors (Lipinski definition) is 2. The van der Waals surface area contributed by atoms with Crippen LogP contribution in [-0.2, 0) is 12.7 Å². The molecule has 0 amide bonds. The third-order valence-corrected chi connectivity index (χ3v) is 3.86. The summed E-state index contributed by atoms with van der Waals surface area (Å²) in [5, 5.41) is 7.38. The van der Waals surface area contributed by atoms with Gasteiger partial charge in [0.05, 0.1) is 12.6 Å². The summed E-state index contributed by atoms with van der Waals surface area (Å²) in [6, 6.07) is 3.59. The van der Waals surface area contributed by atoms with Crippen molar-refractivity contribution in [3.63, 3.8) is 0 Å². The van der Waals surface area contributed by atoms with Crippen molar-refractivity contribution in [1.82, 2.24) is 15.6 Å². The lowest BCUT2D eigenvalue weighted by atomic mass is 10.2. The van der Waals surface area contributed by atoms with E-state index in [1.54, 1.807) is 7.05 Å². The molecule has 5 nitrogen and oxygen atoms in total. The number of hydrogen-bond acceptors (Lipinski definition) is 4. The Balaban J connectivity index is 1.91. The number of thiazole rings is 1. The van der Waals surface area contributed by atoms with Crippen LogP contribution in [0.5, 0.6) is 0 Å². The molecule has 0 aliphatic heterocycles. The molecule has 0 saturated heterocycles. The second-order valence-corrected chi connectivity index (χ2v) is 5.81. The number of guanidine groups is 1. The molecule has 0 aromatic carbocycles. The third-order valence-electron chi connectivity index (χ3n) is 3.01. The van der Waals surface area contributed by atoms with Crippen LogP contribution in [0.3, 0.4) is 0 Å². The zero-order valence-corrected chi connectivity index (χ0v) is 13.7. The van der Waals surface area contributed by atoms with Crippen LogP contribution >= 0.6 is 11.3 Å². The Kier molecular flexibility index (Phi) is 5.30. The van der Waals surface area contributed by atoms with Crippen LogP contribution < -0.4 is 10.6 Å². The molecule has 9 heteroatoms. The van der Waals surface area contributed by atoms with Gasteiger partial charge in [-0.1, -0.05) is 0 Å². The molecule has 126 valence electrons. The Morgan fingerprint density at radius 3 is 2.70 bits per heavy atom. The van der Waals surface area contributed by atoms with Crippen LogP contribution in [0.15, 0.2) is 26.9 Å². The van der Waals surface area contributed by atoms with E-state index in [2.05, 4.69) is 20.6 Å². The summed E-state index contributed by atoms with van der Waals surface area (Å²) in [4.78, 5) is 7.60. The first kappa shape index (κ1) is 17.3. The Bertz CT molecular complexity index is 678. The van der Waals surface area contributed by atoms with Crippen molar-refractivity contribution in [2.45, 2.75) is 32.6 Å². The topological polar surface area (TPSA) is 62.5 Å². The maximum absolute atomic E-state index is 12.5. The van der Waals surface area contributed by atoms with Gasteiger partial charge in [-0.15, -0.1) is 11.3 Å². The summed E-state index contributed by atoms with van der Waals surface area (Å²) in [6.07, 6.45) is -4.42. The summed E-state index contributed by atoms with van der Waals surface area (Å²) in [5.74, 6) is 2.01. The van der Waals surface area contributed by atoms with Crippen molar-refractivity contribution in [1.29, 1.82) is 0 Å². The Hall–Kier alpha value is -2.03. The van der Waals surface area contributed by atoms with Crippen molar-refractivity contribution in [2.75, 3.05) is 7.05 Å². The summed E-state index contributed by atoms with van der Waals surface area (Å²) in [5.41, 5.74) is -0.873. The van der Waals surface area contributed by atoms with Crippen molar-refractivity contribution >= 4 is 17.3 Å². The highest BCUT2D eigenvalue weighted by Gasteiger charge is 2.33. The smallest absolute Gasteiger partial charge is 0.434 e. The molecule has 0 fully saturated rings. The highest BCUT2D eigenvalue weighted by molar-refractivity contribution is 7.09. The minimum absolute atomic E-state index is 0.128. The number of nitrogens with one attached hydrogen (secondary N) is 2. The fourth-order valence-electron chi connectivity index (χ4n) is 1.84. The molecular formula is C14H17F3N4OS. The fourth-order valence-corrected chi connectivity index (χ4v) is 2.58. The molecular weight excluding hydrogens is 329 g/mol. The predicted octanol–water partition coefficient (Wildman–Crippen LogP) is 3.49. The predicted molar refractivity (Wildman–Crippen MR) is 82.3 cm³/mol. The van der Waals surface area contributed by atoms with Crippen molar-refractivity contribution in [2.24, 2.45) is 4.99 Å². The highest BCUT2D eigenvalue weighted by Crippen LogP contribution is 2.29. The number of aromatic nitrogens is 1. The van der Waals surface area contributed by atoms with Gasteiger partial charge in [-0.3, -0.25) is 4.99 Å². The highest BCUT2D eigenvalue weighted by atomic mass is 32.1. The van der Waals surface area contributed by atoms with Gasteiger partial charge in [0, 0.05) is 12.4 Å². The van der Waals surface area contributed by atoms with Crippen molar-refractivity contribution in [3.05, 3.63) is 39.7 Å². The van der Waals surface area contributed by atoms with Gasteiger partial charge in [0.1, 0.15) is 16.5 Å². The maximum atomic E-state index is 12.5. The zero-order valence-electron chi connectivity index (χ0n) is 12.9. The summed E-state index contributed by atoms with van der Waals surface area (Å²) < 4.78 is 43.0. The lowest BCUT2D eigenvalue weighted by molar-refractivity contribution is -0.140. The number of nitrogens with zero attached hydrogens (tertiary/aromatic N) is 2. The number of rotatable bonds is 4. The van der Waals surface area contributed by atoms with Crippen LogP contribution in [0.4, 0.5) is 13.2 Å². The molecule has 23 heavy (non-hydrogen) atoms. The van der Waals surface area contributed by atoms with E-state index < -0.39 is 11.9 Å². The maximum Gasteiger partial charge on any atom is 0.434 e. The second kappa shape index (κ2) is 7.03. The molecule has 2 N–H and O–H groups in total. The lowest BCUT2D eigenvalue weighted by Gasteiger charge is -2.15. The minimum Gasteiger partial charge on any atom is -0.464 e. The molecule has 1 atom stereocenters.